The summed E-state index contributed by atoms with van der Waals surface area (Å²) in [5.41, 5.74) is 3.92. The van der Waals surface area contributed by atoms with Crippen molar-refractivity contribution in [1.29, 1.82) is 0 Å². The van der Waals surface area contributed by atoms with Crippen molar-refractivity contribution in [1.82, 2.24) is 24.5 Å². The second-order valence-corrected chi connectivity index (χ2v) is 5.93. The van der Waals surface area contributed by atoms with Crippen LogP contribution in [0.5, 0.6) is 0 Å². The quantitative estimate of drug-likeness (QED) is 0.753. The summed E-state index contributed by atoms with van der Waals surface area (Å²) in [6, 6.07) is 6.36. The highest BCUT2D eigenvalue weighted by Gasteiger charge is 2.07. The number of pyridine rings is 1. The van der Waals surface area contributed by atoms with Gasteiger partial charge in [-0.3, -0.25) is 4.98 Å². The van der Waals surface area contributed by atoms with Crippen molar-refractivity contribution in [3.05, 3.63) is 54.5 Å². The van der Waals surface area contributed by atoms with Gasteiger partial charge in [0.25, 0.3) is 0 Å². The van der Waals surface area contributed by atoms with Gasteiger partial charge in [-0.2, -0.15) is 0 Å². The zero-order chi connectivity index (χ0) is 16.9. The predicted octanol–water partition coefficient (Wildman–Crippen LogP) is 3.42. The SMILES string of the molecule is Cc1ccc(-c2ccnc(NCCC(C)n3ccnc3)n2)c(C)n1. The Morgan fingerprint density at radius 2 is 2.00 bits per heavy atom. The van der Waals surface area contributed by atoms with E-state index in [2.05, 4.69) is 42.8 Å². The van der Waals surface area contributed by atoms with Crippen molar-refractivity contribution in [2.45, 2.75) is 33.2 Å². The molecule has 3 rings (SSSR count). The molecular formula is C18H22N6. The molecule has 24 heavy (non-hydrogen) atoms. The standard InChI is InChI=1S/C18H22N6/c1-13-4-5-16(15(3)22-13)17-7-9-21-18(23-17)20-8-6-14(2)24-11-10-19-12-24/h4-5,7,9-12,14H,6,8H2,1-3H3,(H,20,21,23). The summed E-state index contributed by atoms with van der Waals surface area (Å²) in [5.74, 6) is 0.644. The fraction of sp³-hybridized carbons (Fsp3) is 0.333. The van der Waals surface area contributed by atoms with Crippen LogP contribution in [0.1, 0.15) is 30.8 Å². The minimum Gasteiger partial charge on any atom is -0.354 e. The molecular weight excluding hydrogens is 300 g/mol. The van der Waals surface area contributed by atoms with E-state index in [1.807, 2.05) is 38.5 Å². The summed E-state index contributed by atoms with van der Waals surface area (Å²) in [4.78, 5) is 17.5. The number of hydrogen-bond donors (Lipinski definition) is 1. The van der Waals surface area contributed by atoms with Crippen LogP contribution in [0.2, 0.25) is 0 Å². The van der Waals surface area contributed by atoms with Crippen LogP contribution < -0.4 is 5.32 Å². The maximum atomic E-state index is 4.61. The van der Waals surface area contributed by atoms with Crippen LogP contribution in [0.3, 0.4) is 0 Å². The minimum atomic E-state index is 0.381. The number of nitrogens with zero attached hydrogens (tertiary/aromatic N) is 5. The molecule has 0 aliphatic rings. The molecule has 0 spiro atoms. The summed E-state index contributed by atoms with van der Waals surface area (Å²) >= 11 is 0. The average Bonchev–Trinajstić information content (AvgIpc) is 3.09. The second-order valence-electron chi connectivity index (χ2n) is 5.93. The van der Waals surface area contributed by atoms with E-state index in [9.17, 15) is 0 Å². The molecule has 0 bridgehead atoms. The fourth-order valence-corrected chi connectivity index (χ4v) is 2.62. The van der Waals surface area contributed by atoms with Gasteiger partial charge in [0.05, 0.1) is 12.0 Å². The molecule has 0 aliphatic carbocycles. The van der Waals surface area contributed by atoms with Gasteiger partial charge >= 0.3 is 0 Å². The summed E-state index contributed by atoms with van der Waals surface area (Å²) in [6.45, 7) is 6.96. The molecule has 6 heteroatoms. The van der Waals surface area contributed by atoms with Crippen molar-refractivity contribution in [2.24, 2.45) is 0 Å². The smallest absolute Gasteiger partial charge is 0.223 e. The van der Waals surface area contributed by atoms with Gasteiger partial charge in [-0.1, -0.05) is 0 Å². The summed E-state index contributed by atoms with van der Waals surface area (Å²) in [5, 5.41) is 3.30. The number of aryl methyl sites for hydroxylation is 2. The summed E-state index contributed by atoms with van der Waals surface area (Å²) in [6.07, 6.45) is 8.37. The van der Waals surface area contributed by atoms with Gasteiger partial charge in [-0.05, 0) is 45.4 Å². The zero-order valence-corrected chi connectivity index (χ0v) is 14.3. The van der Waals surface area contributed by atoms with Crippen molar-refractivity contribution < 1.29 is 0 Å². The van der Waals surface area contributed by atoms with Crippen LogP contribution in [-0.2, 0) is 0 Å². The number of anilines is 1. The lowest BCUT2D eigenvalue weighted by atomic mass is 10.1. The molecule has 0 aliphatic heterocycles. The number of nitrogens with one attached hydrogen (secondary N) is 1. The van der Waals surface area contributed by atoms with Gasteiger partial charge in [-0.25, -0.2) is 15.0 Å². The molecule has 0 fully saturated rings. The monoisotopic (exact) mass is 322 g/mol. The van der Waals surface area contributed by atoms with Crippen molar-refractivity contribution in [2.75, 3.05) is 11.9 Å². The number of rotatable bonds is 6. The normalized spacial score (nSPS) is 12.1. The van der Waals surface area contributed by atoms with E-state index in [0.717, 1.165) is 35.6 Å². The van der Waals surface area contributed by atoms with Gasteiger partial charge in [0, 0.05) is 48.1 Å². The van der Waals surface area contributed by atoms with Crippen LogP contribution in [0.4, 0.5) is 5.95 Å². The van der Waals surface area contributed by atoms with Crippen LogP contribution in [0.25, 0.3) is 11.3 Å². The van der Waals surface area contributed by atoms with Crippen molar-refractivity contribution >= 4 is 5.95 Å². The Bertz CT molecular complexity index is 797. The predicted molar refractivity (Wildman–Crippen MR) is 94.8 cm³/mol. The Balaban J connectivity index is 1.65. The molecule has 0 saturated carbocycles. The molecule has 3 aromatic rings. The van der Waals surface area contributed by atoms with E-state index >= 15 is 0 Å². The van der Waals surface area contributed by atoms with Crippen LogP contribution in [0.15, 0.2) is 43.1 Å². The van der Waals surface area contributed by atoms with E-state index < -0.39 is 0 Å². The molecule has 0 radical (unpaired) electrons. The zero-order valence-electron chi connectivity index (χ0n) is 14.3. The third-order valence-corrected chi connectivity index (χ3v) is 4.04. The molecule has 124 valence electrons. The third-order valence-electron chi connectivity index (χ3n) is 4.04. The minimum absolute atomic E-state index is 0.381. The van der Waals surface area contributed by atoms with Gasteiger partial charge in [-0.15, -0.1) is 0 Å². The average molecular weight is 322 g/mol. The van der Waals surface area contributed by atoms with Gasteiger partial charge in [0.1, 0.15) is 0 Å². The molecule has 3 aromatic heterocycles. The first-order chi connectivity index (χ1) is 11.6. The molecule has 1 unspecified atom stereocenters. The lowest BCUT2D eigenvalue weighted by Gasteiger charge is -2.13. The van der Waals surface area contributed by atoms with E-state index in [4.69, 9.17) is 0 Å². The van der Waals surface area contributed by atoms with Gasteiger partial charge < -0.3 is 9.88 Å². The summed E-state index contributed by atoms with van der Waals surface area (Å²) < 4.78 is 2.10. The highest BCUT2D eigenvalue weighted by atomic mass is 15.1. The van der Waals surface area contributed by atoms with E-state index in [1.165, 1.54) is 0 Å². The highest BCUT2D eigenvalue weighted by molar-refractivity contribution is 5.62. The number of hydrogen-bond acceptors (Lipinski definition) is 5. The lowest BCUT2D eigenvalue weighted by molar-refractivity contribution is 0.519. The first-order valence-corrected chi connectivity index (χ1v) is 8.12. The van der Waals surface area contributed by atoms with E-state index in [0.29, 0.717) is 12.0 Å². The fourth-order valence-electron chi connectivity index (χ4n) is 2.62. The Labute approximate surface area is 142 Å². The first kappa shape index (κ1) is 16.1. The molecule has 6 nitrogen and oxygen atoms in total. The van der Waals surface area contributed by atoms with Gasteiger partial charge in [0.15, 0.2) is 0 Å². The molecule has 3 heterocycles. The Morgan fingerprint density at radius 3 is 2.75 bits per heavy atom. The van der Waals surface area contributed by atoms with Crippen molar-refractivity contribution in [3.8, 4) is 11.3 Å². The number of aromatic nitrogens is 5. The van der Waals surface area contributed by atoms with Crippen LogP contribution in [0, 0.1) is 13.8 Å². The Hall–Kier alpha value is -2.76. The topological polar surface area (TPSA) is 68.5 Å². The van der Waals surface area contributed by atoms with E-state index in [-0.39, 0.29) is 0 Å². The lowest BCUT2D eigenvalue weighted by Crippen LogP contribution is -2.11. The van der Waals surface area contributed by atoms with Crippen LogP contribution in [-0.4, -0.2) is 31.0 Å². The largest absolute Gasteiger partial charge is 0.354 e. The van der Waals surface area contributed by atoms with Crippen LogP contribution >= 0.6 is 0 Å². The maximum absolute atomic E-state index is 4.61. The second kappa shape index (κ2) is 7.21. The maximum Gasteiger partial charge on any atom is 0.223 e. The highest BCUT2D eigenvalue weighted by Crippen LogP contribution is 2.21. The molecule has 1 atom stereocenters. The Kier molecular flexibility index (Phi) is 4.84. The van der Waals surface area contributed by atoms with Gasteiger partial charge in [0.2, 0.25) is 5.95 Å². The van der Waals surface area contributed by atoms with E-state index in [1.54, 1.807) is 12.4 Å². The molecule has 0 saturated heterocycles. The third kappa shape index (κ3) is 3.76. The molecule has 0 amide bonds. The van der Waals surface area contributed by atoms with Crippen molar-refractivity contribution in [3.63, 3.8) is 0 Å². The molecule has 1 N–H and O–H groups in total. The number of imidazole rings is 1. The Morgan fingerprint density at radius 1 is 1.12 bits per heavy atom. The summed E-state index contributed by atoms with van der Waals surface area (Å²) in [7, 11) is 0. The molecule has 0 aromatic carbocycles. The first-order valence-electron chi connectivity index (χ1n) is 8.12.